The maximum atomic E-state index is 13.1. The monoisotopic (exact) mass is 418 g/mol. The molecule has 0 aliphatic rings. The minimum absolute atomic E-state index is 0.198. The number of aliphatic hydroxyl groups excluding tert-OH is 1. The average Bonchev–Trinajstić information content (AvgIpc) is 2.64. The molecule has 2 unspecified atom stereocenters. The lowest BCUT2D eigenvalue weighted by Crippen LogP contribution is -2.54. The molecule has 0 bridgehead atoms. The molecule has 0 heterocycles. The molecular weight excluding hydrogens is 388 g/mol. The van der Waals surface area contributed by atoms with Gasteiger partial charge in [-0.25, -0.2) is 4.79 Å². The highest BCUT2D eigenvalue weighted by Crippen LogP contribution is 2.22. The van der Waals surface area contributed by atoms with E-state index in [9.17, 15) is 24.8 Å². The highest BCUT2D eigenvalue weighted by Gasteiger charge is 2.36. The number of nitrogens with zero attached hydrogens (tertiary/aromatic N) is 2. The first kappa shape index (κ1) is 24.9. The second kappa shape index (κ2) is 11.2. The number of nitrogens with one attached hydrogen (secondary N) is 2. The molecule has 0 aliphatic heterocycles. The summed E-state index contributed by atoms with van der Waals surface area (Å²) in [5.74, 6) is -1.26. The summed E-state index contributed by atoms with van der Waals surface area (Å²) in [6.07, 6.45) is -0.894. The molecule has 0 spiro atoms. The molecule has 0 aromatic heterocycles. The Labute approximate surface area is 177 Å². The minimum atomic E-state index is -1.38. The van der Waals surface area contributed by atoms with Crippen LogP contribution in [-0.2, 0) is 14.3 Å². The number of aliphatic hydroxyl groups is 1. The number of rotatable bonds is 8. The molecule has 3 N–H and O–H groups in total. The molecule has 0 aliphatic carbocycles. The molecule has 0 fully saturated rings. The first-order valence-corrected chi connectivity index (χ1v) is 9.63. The van der Waals surface area contributed by atoms with Gasteiger partial charge in [-0.15, -0.1) is 0 Å². The van der Waals surface area contributed by atoms with Crippen LogP contribution in [0, 0.1) is 11.3 Å². The molecule has 0 saturated carbocycles. The summed E-state index contributed by atoms with van der Waals surface area (Å²) in [5, 5.41) is 24.0. The Kier molecular flexibility index (Phi) is 9.27. The Morgan fingerprint density at radius 1 is 1.17 bits per heavy atom. The van der Waals surface area contributed by atoms with Crippen molar-refractivity contribution in [2.45, 2.75) is 58.3 Å². The fraction of sp³-hybridized carbons (Fsp3) is 0.524. The molecule has 30 heavy (non-hydrogen) atoms. The third kappa shape index (κ3) is 7.72. The second-order valence-corrected chi connectivity index (χ2v) is 7.98. The van der Waals surface area contributed by atoms with Crippen molar-refractivity contribution >= 4 is 17.9 Å². The number of carbonyl (C=O) groups excluding carboxylic acids is 3. The largest absolute Gasteiger partial charge is 0.444 e. The SMILES string of the molecule is CC(C)NC(=O)C(c1ccccc1)N(CC#N)C(=O)C(CO)NC(=O)OC(C)(C)C. The van der Waals surface area contributed by atoms with Crippen LogP contribution in [0.3, 0.4) is 0 Å². The van der Waals surface area contributed by atoms with Gasteiger partial charge in [0, 0.05) is 6.04 Å². The summed E-state index contributed by atoms with van der Waals surface area (Å²) in [7, 11) is 0. The summed E-state index contributed by atoms with van der Waals surface area (Å²) in [6, 6.07) is 7.69. The lowest BCUT2D eigenvalue weighted by molar-refractivity contribution is -0.142. The van der Waals surface area contributed by atoms with Gasteiger partial charge in [0.1, 0.15) is 24.2 Å². The summed E-state index contributed by atoms with van der Waals surface area (Å²) in [6.45, 7) is 7.38. The standard InChI is InChI=1S/C21H30N4O5/c1-14(2)23-18(27)17(15-9-7-6-8-10-15)25(12-11-22)19(28)16(13-26)24-20(29)30-21(3,4)5/h6-10,14,16-17,26H,12-13H2,1-5H3,(H,23,27)(H,24,29). The van der Waals surface area contributed by atoms with Gasteiger partial charge in [0.15, 0.2) is 0 Å². The van der Waals surface area contributed by atoms with Crippen LogP contribution in [0.25, 0.3) is 0 Å². The number of hydrogen-bond acceptors (Lipinski definition) is 6. The number of nitriles is 1. The number of amides is 3. The predicted molar refractivity (Wildman–Crippen MR) is 110 cm³/mol. The topological polar surface area (TPSA) is 132 Å². The van der Waals surface area contributed by atoms with Crippen LogP contribution in [0.5, 0.6) is 0 Å². The highest BCUT2D eigenvalue weighted by atomic mass is 16.6. The van der Waals surface area contributed by atoms with Crippen LogP contribution >= 0.6 is 0 Å². The van der Waals surface area contributed by atoms with Gasteiger partial charge < -0.3 is 25.4 Å². The normalized spacial score (nSPS) is 13.0. The fourth-order valence-electron chi connectivity index (χ4n) is 2.68. The summed E-state index contributed by atoms with van der Waals surface area (Å²) in [5.41, 5.74) is -0.309. The lowest BCUT2D eigenvalue weighted by Gasteiger charge is -2.32. The molecule has 9 nitrogen and oxygen atoms in total. The average molecular weight is 418 g/mol. The minimum Gasteiger partial charge on any atom is -0.444 e. The van der Waals surface area contributed by atoms with E-state index < -0.39 is 48.7 Å². The van der Waals surface area contributed by atoms with Gasteiger partial charge >= 0.3 is 6.09 Å². The van der Waals surface area contributed by atoms with Crippen molar-refractivity contribution < 1.29 is 24.2 Å². The Bertz CT molecular complexity index is 768. The van der Waals surface area contributed by atoms with E-state index in [1.807, 2.05) is 6.07 Å². The number of carbonyl (C=O) groups is 3. The van der Waals surface area contributed by atoms with Gasteiger partial charge in [-0.1, -0.05) is 30.3 Å². The number of hydrogen-bond donors (Lipinski definition) is 3. The molecule has 0 saturated heterocycles. The van der Waals surface area contributed by atoms with Crippen molar-refractivity contribution in [1.29, 1.82) is 5.26 Å². The van der Waals surface area contributed by atoms with Gasteiger partial charge in [0.05, 0.1) is 12.7 Å². The third-order valence-corrected chi connectivity index (χ3v) is 3.80. The van der Waals surface area contributed by atoms with Crippen LogP contribution < -0.4 is 10.6 Å². The van der Waals surface area contributed by atoms with E-state index in [0.717, 1.165) is 4.90 Å². The Morgan fingerprint density at radius 2 is 1.77 bits per heavy atom. The predicted octanol–water partition coefficient (Wildman–Crippen LogP) is 1.49. The molecule has 1 aromatic rings. The van der Waals surface area contributed by atoms with Crippen molar-refractivity contribution in [3.05, 3.63) is 35.9 Å². The van der Waals surface area contributed by atoms with E-state index in [4.69, 9.17) is 4.74 Å². The molecule has 2 atom stereocenters. The zero-order valence-corrected chi connectivity index (χ0v) is 18.0. The third-order valence-electron chi connectivity index (χ3n) is 3.80. The molecule has 0 radical (unpaired) electrons. The molecule has 1 aromatic carbocycles. The van der Waals surface area contributed by atoms with Crippen LogP contribution in [-0.4, -0.2) is 58.8 Å². The van der Waals surface area contributed by atoms with Crippen molar-refractivity contribution in [3.8, 4) is 6.07 Å². The first-order chi connectivity index (χ1) is 14.0. The summed E-state index contributed by atoms with van der Waals surface area (Å²) in [4.78, 5) is 39.1. The van der Waals surface area contributed by atoms with Gasteiger partial charge in [-0.3, -0.25) is 9.59 Å². The van der Waals surface area contributed by atoms with Crippen molar-refractivity contribution in [1.82, 2.24) is 15.5 Å². The van der Waals surface area contributed by atoms with Crippen molar-refractivity contribution in [2.24, 2.45) is 0 Å². The van der Waals surface area contributed by atoms with Crippen LogP contribution in [0.15, 0.2) is 30.3 Å². The lowest BCUT2D eigenvalue weighted by atomic mass is 10.0. The van der Waals surface area contributed by atoms with Crippen LogP contribution in [0.2, 0.25) is 0 Å². The summed E-state index contributed by atoms with van der Waals surface area (Å²) >= 11 is 0. The maximum absolute atomic E-state index is 13.1. The van der Waals surface area contributed by atoms with Crippen molar-refractivity contribution in [3.63, 3.8) is 0 Å². The molecular formula is C21H30N4O5. The smallest absolute Gasteiger partial charge is 0.408 e. The zero-order valence-electron chi connectivity index (χ0n) is 18.0. The van der Waals surface area contributed by atoms with Gasteiger partial charge in [0.2, 0.25) is 11.8 Å². The Balaban J connectivity index is 3.24. The first-order valence-electron chi connectivity index (χ1n) is 9.63. The quantitative estimate of drug-likeness (QED) is 0.548. The zero-order chi connectivity index (χ0) is 22.9. The van der Waals surface area contributed by atoms with E-state index in [0.29, 0.717) is 5.56 Å². The van der Waals surface area contributed by atoms with Crippen molar-refractivity contribution in [2.75, 3.05) is 13.2 Å². The molecule has 3 amide bonds. The van der Waals surface area contributed by atoms with Gasteiger partial charge in [0.25, 0.3) is 0 Å². The van der Waals surface area contributed by atoms with E-state index >= 15 is 0 Å². The Hall–Kier alpha value is -3.12. The van der Waals surface area contributed by atoms with Crippen LogP contribution in [0.1, 0.15) is 46.2 Å². The van der Waals surface area contributed by atoms with Crippen LogP contribution in [0.4, 0.5) is 4.79 Å². The maximum Gasteiger partial charge on any atom is 0.408 e. The van der Waals surface area contributed by atoms with E-state index in [1.165, 1.54) is 0 Å². The molecule has 164 valence electrons. The second-order valence-electron chi connectivity index (χ2n) is 7.98. The van der Waals surface area contributed by atoms with Gasteiger partial charge in [-0.2, -0.15) is 5.26 Å². The summed E-state index contributed by atoms with van der Waals surface area (Å²) < 4.78 is 5.13. The number of ether oxygens (including phenoxy) is 1. The highest BCUT2D eigenvalue weighted by molar-refractivity contribution is 5.92. The van der Waals surface area contributed by atoms with E-state index in [-0.39, 0.29) is 6.04 Å². The molecule has 9 heteroatoms. The number of benzene rings is 1. The van der Waals surface area contributed by atoms with Gasteiger partial charge in [-0.05, 0) is 40.2 Å². The van der Waals surface area contributed by atoms with E-state index in [1.54, 1.807) is 65.0 Å². The number of alkyl carbamates (subject to hydrolysis) is 1. The molecule has 1 rings (SSSR count). The van der Waals surface area contributed by atoms with E-state index in [2.05, 4.69) is 10.6 Å². The fourth-order valence-corrected chi connectivity index (χ4v) is 2.68. The Morgan fingerprint density at radius 3 is 2.23 bits per heavy atom.